The summed E-state index contributed by atoms with van der Waals surface area (Å²) in [7, 11) is 0. The summed E-state index contributed by atoms with van der Waals surface area (Å²) in [5.74, 6) is 0.536. The first kappa shape index (κ1) is 11.4. The molecule has 0 aromatic heterocycles. The molecule has 1 atom stereocenters. The van der Waals surface area contributed by atoms with E-state index in [1.165, 1.54) is 18.9 Å². The molecule has 3 heteroatoms. The molecule has 0 saturated heterocycles. The average Bonchev–Trinajstić information content (AvgIpc) is 3.03. The molecular weight excluding hydrogens is 278 g/mol. The standard InChI is InChI=1S/C12H13BrClF/c13-10(9-3-4-9)5-1-8-2-6-11(14)12(15)7-8/h2,6-7,9-10H,1,3-5H2. The number of hydrogen-bond donors (Lipinski definition) is 0. The second kappa shape index (κ2) is 4.84. The van der Waals surface area contributed by atoms with Gasteiger partial charge >= 0.3 is 0 Å². The van der Waals surface area contributed by atoms with Crippen molar-refractivity contribution in [3.05, 3.63) is 34.6 Å². The van der Waals surface area contributed by atoms with Gasteiger partial charge in [-0.05, 0) is 49.3 Å². The van der Waals surface area contributed by atoms with E-state index in [9.17, 15) is 4.39 Å². The van der Waals surface area contributed by atoms with Gasteiger partial charge in [0, 0.05) is 4.83 Å². The van der Waals surface area contributed by atoms with Gasteiger partial charge in [0.2, 0.25) is 0 Å². The van der Waals surface area contributed by atoms with E-state index < -0.39 is 0 Å². The summed E-state index contributed by atoms with van der Waals surface area (Å²) < 4.78 is 13.1. The summed E-state index contributed by atoms with van der Waals surface area (Å²) >= 11 is 9.29. The zero-order valence-corrected chi connectivity index (χ0v) is 10.7. The minimum Gasteiger partial charge on any atom is -0.205 e. The van der Waals surface area contributed by atoms with Crippen LogP contribution in [0.3, 0.4) is 0 Å². The lowest BCUT2D eigenvalue weighted by Crippen LogP contribution is -2.02. The Morgan fingerprint density at radius 3 is 2.80 bits per heavy atom. The van der Waals surface area contributed by atoms with E-state index in [-0.39, 0.29) is 10.8 Å². The molecule has 1 saturated carbocycles. The second-order valence-electron chi connectivity index (χ2n) is 4.14. The molecule has 1 aliphatic carbocycles. The molecule has 0 spiro atoms. The third-order valence-electron chi connectivity index (χ3n) is 2.83. The zero-order chi connectivity index (χ0) is 10.8. The molecule has 1 aromatic carbocycles. The molecule has 1 unspecified atom stereocenters. The Kier molecular flexibility index (Phi) is 3.68. The first-order valence-corrected chi connectivity index (χ1v) is 6.54. The highest BCUT2D eigenvalue weighted by Crippen LogP contribution is 2.38. The van der Waals surface area contributed by atoms with E-state index in [1.54, 1.807) is 6.07 Å². The third-order valence-corrected chi connectivity index (χ3v) is 4.34. The van der Waals surface area contributed by atoms with Gasteiger partial charge in [0.05, 0.1) is 5.02 Å². The quantitative estimate of drug-likeness (QED) is 0.712. The van der Waals surface area contributed by atoms with Crippen molar-refractivity contribution in [1.29, 1.82) is 0 Å². The summed E-state index contributed by atoms with van der Waals surface area (Å²) in [6, 6.07) is 5.07. The van der Waals surface area contributed by atoms with Gasteiger partial charge in [-0.25, -0.2) is 4.39 Å². The maximum absolute atomic E-state index is 13.1. The van der Waals surface area contributed by atoms with E-state index in [0.717, 1.165) is 24.3 Å². The van der Waals surface area contributed by atoms with Crippen molar-refractivity contribution in [3.63, 3.8) is 0 Å². The minimum atomic E-state index is -0.313. The lowest BCUT2D eigenvalue weighted by molar-refractivity contribution is 0.623. The number of halogens is 3. The number of rotatable bonds is 4. The summed E-state index contributed by atoms with van der Waals surface area (Å²) in [5, 5.41) is 0.205. The maximum atomic E-state index is 13.1. The van der Waals surface area contributed by atoms with Crippen LogP contribution in [-0.4, -0.2) is 4.83 Å². The Hall–Kier alpha value is -0.0800. The summed E-state index contributed by atoms with van der Waals surface area (Å²) in [6.07, 6.45) is 4.67. The minimum absolute atomic E-state index is 0.205. The molecule has 1 fully saturated rings. The lowest BCUT2D eigenvalue weighted by atomic mass is 10.1. The van der Waals surface area contributed by atoms with Crippen molar-refractivity contribution in [1.82, 2.24) is 0 Å². The van der Waals surface area contributed by atoms with Crippen LogP contribution in [0.1, 0.15) is 24.8 Å². The SMILES string of the molecule is Fc1cc(CCC(Br)C2CC2)ccc1Cl. The van der Waals surface area contributed by atoms with Gasteiger partial charge < -0.3 is 0 Å². The van der Waals surface area contributed by atoms with Crippen molar-refractivity contribution in [3.8, 4) is 0 Å². The molecule has 2 rings (SSSR count). The van der Waals surface area contributed by atoms with E-state index >= 15 is 0 Å². The van der Waals surface area contributed by atoms with Crippen molar-refractivity contribution in [2.75, 3.05) is 0 Å². The molecule has 0 amide bonds. The lowest BCUT2D eigenvalue weighted by Gasteiger charge is -2.08. The number of benzene rings is 1. The Morgan fingerprint density at radius 1 is 1.47 bits per heavy atom. The first-order valence-electron chi connectivity index (χ1n) is 5.25. The molecule has 82 valence electrons. The molecule has 0 N–H and O–H groups in total. The van der Waals surface area contributed by atoms with Crippen molar-refractivity contribution in [2.24, 2.45) is 5.92 Å². The fraction of sp³-hybridized carbons (Fsp3) is 0.500. The van der Waals surface area contributed by atoms with Crippen LogP contribution in [-0.2, 0) is 6.42 Å². The normalized spacial score (nSPS) is 17.8. The summed E-state index contributed by atoms with van der Waals surface area (Å²) in [4.78, 5) is 0.594. The molecule has 1 aromatic rings. The van der Waals surface area contributed by atoms with E-state index in [1.807, 2.05) is 6.07 Å². The van der Waals surface area contributed by atoms with Crippen LogP contribution in [0.4, 0.5) is 4.39 Å². The molecular formula is C12H13BrClF. The van der Waals surface area contributed by atoms with Gasteiger partial charge in [0.25, 0.3) is 0 Å². The van der Waals surface area contributed by atoms with Gasteiger partial charge in [0.15, 0.2) is 0 Å². The Morgan fingerprint density at radius 2 is 2.20 bits per heavy atom. The Balaban J connectivity index is 1.89. The molecule has 0 heterocycles. The Bertz CT molecular complexity index is 349. The van der Waals surface area contributed by atoms with Crippen LogP contribution in [0.25, 0.3) is 0 Å². The van der Waals surface area contributed by atoms with Crippen LogP contribution in [0, 0.1) is 11.7 Å². The van der Waals surface area contributed by atoms with Crippen LogP contribution in [0.15, 0.2) is 18.2 Å². The van der Waals surface area contributed by atoms with Gasteiger partial charge in [0.1, 0.15) is 5.82 Å². The van der Waals surface area contributed by atoms with Crippen molar-refractivity contribution >= 4 is 27.5 Å². The first-order chi connectivity index (χ1) is 7.16. The monoisotopic (exact) mass is 290 g/mol. The predicted octanol–water partition coefficient (Wildman–Crippen LogP) is 4.59. The summed E-state index contributed by atoms with van der Waals surface area (Å²) in [6.45, 7) is 0. The fourth-order valence-corrected chi connectivity index (χ4v) is 2.57. The van der Waals surface area contributed by atoms with Crippen LogP contribution < -0.4 is 0 Å². The second-order valence-corrected chi connectivity index (χ2v) is 5.72. The van der Waals surface area contributed by atoms with E-state index in [2.05, 4.69) is 15.9 Å². The van der Waals surface area contributed by atoms with Crippen molar-refractivity contribution < 1.29 is 4.39 Å². The van der Waals surface area contributed by atoms with Gasteiger partial charge in [-0.3, -0.25) is 0 Å². The molecule has 0 nitrogen and oxygen atoms in total. The fourth-order valence-electron chi connectivity index (χ4n) is 1.69. The third kappa shape index (κ3) is 3.18. The van der Waals surface area contributed by atoms with Crippen molar-refractivity contribution in [2.45, 2.75) is 30.5 Å². The molecule has 15 heavy (non-hydrogen) atoms. The van der Waals surface area contributed by atoms with Gasteiger partial charge in [-0.2, -0.15) is 0 Å². The van der Waals surface area contributed by atoms with Crippen LogP contribution >= 0.6 is 27.5 Å². The van der Waals surface area contributed by atoms with Crippen LogP contribution in [0.2, 0.25) is 5.02 Å². The molecule has 0 radical (unpaired) electrons. The summed E-state index contributed by atoms with van der Waals surface area (Å²) in [5.41, 5.74) is 1.03. The maximum Gasteiger partial charge on any atom is 0.142 e. The molecule has 0 bridgehead atoms. The molecule has 1 aliphatic rings. The Labute approximate surface area is 103 Å². The molecule has 0 aliphatic heterocycles. The van der Waals surface area contributed by atoms with E-state index in [0.29, 0.717) is 4.83 Å². The highest BCUT2D eigenvalue weighted by Gasteiger charge is 2.28. The average molecular weight is 292 g/mol. The predicted molar refractivity (Wildman–Crippen MR) is 65.2 cm³/mol. The van der Waals surface area contributed by atoms with Gasteiger partial charge in [-0.1, -0.05) is 33.6 Å². The smallest absolute Gasteiger partial charge is 0.142 e. The van der Waals surface area contributed by atoms with E-state index in [4.69, 9.17) is 11.6 Å². The van der Waals surface area contributed by atoms with Gasteiger partial charge in [-0.15, -0.1) is 0 Å². The number of hydrogen-bond acceptors (Lipinski definition) is 0. The largest absolute Gasteiger partial charge is 0.205 e. The zero-order valence-electron chi connectivity index (χ0n) is 8.35. The highest BCUT2D eigenvalue weighted by atomic mass is 79.9. The number of aryl methyl sites for hydroxylation is 1. The highest BCUT2D eigenvalue weighted by molar-refractivity contribution is 9.09. The van der Waals surface area contributed by atoms with Crippen LogP contribution in [0.5, 0.6) is 0 Å². The number of alkyl halides is 1. The topological polar surface area (TPSA) is 0 Å².